The average molecular weight is 291 g/mol. The molecule has 5 nitrogen and oxygen atoms in total. The number of sulfonamides is 1. The van der Waals surface area contributed by atoms with Gasteiger partial charge in [0.25, 0.3) is 0 Å². The maximum atomic E-state index is 13.5. The van der Waals surface area contributed by atoms with Crippen LogP contribution in [0.2, 0.25) is 0 Å². The Morgan fingerprint density at radius 3 is 2.58 bits per heavy atom. The Morgan fingerprint density at radius 2 is 2.05 bits per heavy atom. The van der Waals surface area contributed by atoms with Gasteiger partial charge in [0.15, 0.2) is 0 Å². The van der Waals surface area contributed by atoms with Crippen LogP contribution in [0.3, 0.4) is 0 Å². The largest absolute Gasteiger partial charge is 0.388 e. The molecule has 0 aliphatic carbocycles. The third-order valence-corrected chi connectivity index (χ3v) is 4.48. The Labute approximate surface area is 110 Å². The minimum Gasteiger partial charge on any atom is -0.388 e. The van der Waals surface area contributed by atoms with E-state index in [4.69, 9.17) is 11.1 Å². The third kappa shape index (κ3) is 3.71. The molecule has 0 saturated carbocycles. The Kier molecular flexibility index (Phi) is 4.96. The molecule has 106 valence electrons. The Hall–Kier alpha value is -1.54. The van der Waals surface area contributed by atoms with Crippen LogP contribution in [-0.4, -0.2) is 31.6 Å². The minimum absolute atomic E-state index is 0.0318. The van der Waals surface area contributed by atoms with Crippen LogP contribution in [0.15, 0.2) is 23.1 Å². The fraction of sp³-hybridized carbons (Fsp3) is 0.364. The van der Waals surface area contributed by atoms with Crippen molar-refractivity contribution in [1.29, 1.82) is 5.41 Å². The van der Waals surface area contributed by atoms with Crippen LogP contribution in [0.1, 0.15) is 13.3 Å². The Morgan fingerprint density at radius 1 is 1.42 bits per heavy atom. The SMILES string of the molecule is CCN(CCC(=N)N)S(=O)(=O)c1cc(F)ccc1F. The lowest BCUT2D eigenvalue weighted by molar-refractivity contribution is 0.430. The van der Waals surface area contributed by atoms with E-state index in [2.05, 4.69) is 0 Å². The second-order valence-electron chi connectivity index (χ2n) is 3.85. The number of nitrogens with zero attached hydrogens (tertiary/aromatic N) is 1. The molecule has 0 aromatic heterocycles. The fourth-order valence-corrected chi connectivity index (χ4v) is 3.03. The van der Waals surface area contributed by atoms with Gasteiger partial charge in [0.1, 0.15) is 16.5 Å². The second-order valence-corrected chi connectivity index (χ2v) is 5.75. The molecule has 1 rings (SSSR count). The first kappa shape index (κ1) is 15.5. The van der Waals surface area contributed by atoms with E-state index >= 15 is 0 Å². The van der Waals surface area contributed by atoms with Crippen LogP contribution >= 0.6 is 0 Å². The Balaban J connectivity index is 3.13. The predicted molar refractivity (Wildman–Crippen MR) is 67.3 cm³/mol. The summed E-state index contributed by atoms with van der Waals surface area (Å²) in [5.74, 6) is -2.02. The summed E-state index contributed by atoms with van der Waals surface area (Å²) in [5.41, 5.74) is 5.16. The number of hydrogen-bond donors (Lipinski definition) is 2. The molecular formula is C11H15F2N3O2S. The lowest BCUT2D eigenvalue weighted by Gasteiger charge is -2.20. The first-order valence-corrected chi connectivity index (χ1v) is 7.01. The summed E-state index contributed by atoms with van der Waals surface area (Å²) < 4.78 is 51.8. The van der Waals surface area contributed by atoms with E-state index < -0.39 is 26.6 Å². The van der Waals surface area contributed by atoms with Gasteiger partial charge in [0.2, 0.25) is 10.0 Å². The molecule has 0 bridgehead atoms. The molecule has 0 unspecified atom stereocenters. The highest BCUT2D eigenvalue weighted by Crippen LogP contribution is 2.20. The predicted octanol–water partition coefficient (Wildman–Crippen LogP) is 1.30. The van der Waals surface area contributed by atoms with Crippen molar-refractivity contribution in [3.05, 3.63) is 29.8 Å². The lowest BCUT2D eigenvalue weighted by Crippen LogP contribution is -2.34. The van der Waals surface area contributed by atoms with Crippen molar-refractivity contribution < 1.29 is 17.2 Å². The maximum Gasteiger partial charge on any atom is 0.246 e. The molecular weight excluding hydrogens is 276 g/mol. The van der Waals surface area contributed by atoms with Crippen molar-refractivity contribution in [3.8, 4) is 0 Å². The van der Waals surface area contributed by atoms with Crippen LogP contribution in [0.5, 0.6) is 0 Å². The molecule has 1 aromatic carbocycles. The van der Waals surface area contributed by atoms with E-state index in [1.54, 1.807) is 6.92 Å². The Bertz CT molecular complexity index is 575. The highest BCUT2D eigenvalue weighted by atomic mass is 32.2. The summed E-state index contributed by atoms with van der Waals surface area (Å²) >= 11 is 0. The van der Waals surface area contributed by atoms with Gasteiger partial charge in [0.05, 0.1) is 5.84 Å². The zero-order chi connectivity index (χ0) is 14.6. The molecule has 3 N–H and O–H groups in total. The van der Waals surface area contributed by atoms with Gasteiger partial charge in [-0.05, 0) is 18.2 Å². The molecule has 0 amide bonds. The second kappa shape index (κ2) is 6.07. The molecule has 0 saturated heterocycles. The number of nitrogens with one attached hydrogen (secondary N) is 1. The van der Waals surface area contributed by atoms with Crippen molar-refractivity contribution in [2.45, 2.75) is 18.2 Å². The van der Waals surface area contributed by atoms with Crippen LogP contribution in [0, 0.1) is 17.0 Å². The summed E-state index contributed by atoms with van der Waals surface area (Å²) in [4.78, 5) is -0.710. The normalized spacial score (nSPS) is 11.8. The summed E-state index contributed by atoms with van der Waals surface area (Å²) in [5, 5.41) is 7.07. The number of benzene rings is 1. The van der Waals surface area contributed by atoms with Gasteiger partial charge in [0, 0.05) is 19.5 Å². The smallest absolute Gasteiger partial charge is 0.246 e. The summed E-state index contributed by atoms with van der Waals surface area (Å²) in [7, 11) is -4.13. The molecule has 19 heavy (non-hydrogen) atoms. The summed E-state index contributed by atoms with van der Waals surface area (Å²) in [6.07, 6.45) is 0.0318. The molecule has 0 heterocycles. The number of hydrogen-bond acceptors (Lipinski definition) is 3. The van der Waals surface area contributed by atoms with E-state index in [9.17, 15) is 17.2 Å². The topological polar surface area (TPSA) is 87.2 Å². The number of amidine groups is 1. The monoisotopic (exact) mass is 291 g/mol. The number of nitrogens with two attached hydrogens (primary N) is 1. The molecule has 0 radical (unpaired) electrons. The highest BCUT2D eigenvalue weighted by Gasteiger charge is 2.26. The van der Waals surface area contributed by atoms with Gasteiger partial charge >= 0.3 is 0 Å². The van der Waals surface area contributed by atoms with Crippen molar-refractivity contribution in [2.24, 2.45) is 5.73 Å². The molecule has 8 heteroatoms. The van der Waals surface area contributed by atoms with Crippen LogP contribution < -0.4 is 5.73 Å². The lowest BCUT2D eigenvalue weighted by atomic mass is 10.3. The van der Waals surface area contributed by atoms with Crippen molar-refractivity contribution >= 4 is 15.9 Å². The minimum atomic E-state index is -4.13. The summed E-state index contributed by atoms with van der Waals surface area (Å²) in [6, 6.07) is 2.25. The van der Waals surface area contributed by atoms with Gasteiger partial charge in [-0.25, -0.2) is 17.2 Å². The van der Waals surface area contributed by atoms with Gasteiger partial charge in [-0.2, -0.15) is 4.31 Å². The van der Waals surface area contributed by atoms with E-state index in [0.717, 1.165) is 16.4 Å². The molecule has 0 aliphatic rings. The summed E-state index contributed by atoms with van der Waals surface area (Å²) in [6.45, 7) is 1.59. The first-order chi connectivity index (χ1) is 8.78. The third-order valence-electron chi connectivity index (χ3n) is 2.49. The van der Waals surface area contributed by atoms with Gasteiger partial charge < -0.3 is 5.73 Å². The number of rotatable bonds is 6. The molecule has 0 spiro atoms. The van der Waals surface area contributed by atoms with E-state index in [0.29, 0.717) is 6.07 Å². The van der Waals surface area contributed by atoms with E-state index in [1.165, 1.54) is 0 Å². The zero-order valence-electron chi connectivity index (χ0n) is 10.4. The van der Waals surface area contributed by atoms with Crippen molar-refractivity contribution in [3.63, 3.8) is 0 Å². The van der Waals surface area contributed by atoms with Gasteiger partial charge in [-0.1, -0.05) is 6.92 Å². The van der Waals surface area contributed by atoms with Gasteiger partial charge in [-0.15, -0.1) is 0 Å². The standard InChI is InChI=1S/C11H15F2N3O2S/c1-2-16(6-5-11(14)15)19(17,18)10-7-8(12)3-4-9(10)13/h3-4,7H,2,5-6H2,1H3,(H3,14,15). The van der Waals surface area contributed by atoms with Gasteiger partial charge in [-0.3, -0.25) is 5.41 Å². The molecule has 0 aliphatic heterocycles. The fourth-order valence-electron chi connectivity index (χ4n) is 1.51. The maximum absolute atomic E-state index is 13.5. The number of halogens is 2. The molecule has 1 aromatic rings. The molecule has 0 fully saturated rings. The average Bonchev–Trinajstić information content (AvgIpc) is 2.32. The van der Waals surface area contributed by atoms with Crippen molar-refractivity contribution in [2.75, 3.05) is 13.1 Å². The van der Waals surface area contributed by atoms with Crippen molar-refractivity contribution in [1.82, 2.24) is 4.31 Å². The van der Waals surface area contributed by atoms with Crippen LogP contribution in [0.25, 0.3) is 0 Å². The van der Waals surface area contributed by atoms with E-state index in [-0.39, 0.29) is 25.3 Å². The van der Waals surface area contributed by atoms with E-state index in [1.807, 2.05) is 0 Å². The first-order valence-electron chi connectivity index (χ1n) is 5.57. The zero-order valence-corrected chi connectivity index (χ0v) is 11.2. The molecule has 0 atom stereocenters. The highest BCUT2D eigenvalue weighted by molar-refractivity contribution is 7.89. The van der Waals surface area contributed by atoms with Crippen LogP contribution in [0.4, 0.5) is 8.78 Å². The quantitative estimate of drug-likeness (QED) is 0.612. The van der Waals surface area contributed by atoms with Crippen LogP contribution in [-0.2, 0) is 10.0 Å².